The molecule has 0 radical (unpaired) electrons. The SMILES string of the molecule is CN(C)c1ccc(/C=C\C(/C=C/c2ccc(N(C)C)cc2)S(=O)(=O)c2cccc3ccccc23)cc1. The molecule has 5 heteroatoms. The number of fused-ring (bicyclic) bond motifs is 1. The van der Waals surface area contributed by atoms with E-state index >= 15 is 0 Å². The lowest BCUT2D eigenvalue weighted by Crippen LogP contribution is -2.17. The van der Waals surface area contributed by atoms with Gasteiger partial charge in [-0.3, -0.25) is 0 Å². The molecule has 0 aliphatic heterocycles. The summed E-state index contributed by atoms with van der Waals surface area (Å²) < 4.78 is 27.9. The van der Waals surface area contributed by atoms with Crippen molar-refractivity contribution in [2.75, 3.05) is 38.0 Å². The minimum absolute atomic E-state index is 0.339. The van der Waals surface area contributed by atoms with E-state index in [-0.39, 0.29) is 0 Å². The molecule has 0 amide bonds. The molecule has 0 aliphatic rings. The van der Waals surface area contributed by atoms with Crippen LogP contribution in [0.5, 0.6) is 0 Å². The lowest BCUT2D eigenvalue weighted by Gasteiger charge is -2.14. The Hall–Kier alpha value is -3.83. The molecule has 0 N–H and O–H groups in total. The number of rotatable bonds is 8. The van der Waals surface area contributed by atoms with E-state index in [0.29, 0.717) is 4.90 Å². The van der Waals surface area contributed by atoms with Gasteiger partial charge in [-0.25, -0.2) is 8.42 Å². The predicted molar refractivity (Wildman–Crippen MR) is 155 cm³/mol. The highest BCUT2D eigenvalue weighted by atomic mass is 32.2. The molecule has 0 heterocycles. The van der Waals surface area contributed by atoms with Crippen LogP contribution in [0.1, 0.15) is 11.1 Å². The molecule has 4 aromatic carbocycles. The summed E-state index contributed by atoms with van der Waals surface area (Å²) >= 11 is 0. The number of anilines is 2. The molecule has 0 saturated heterocycles. The molecule has 0 spiro atoms. The summed E-state index contributed by atoms with van der Waals surface area (Å²) in [6, 6.07) is 29.1. The number of sulfone groups is 1. The zero-order chi connectivity index (χ0) is 25.7. The van der Waals surface area contributed by atoms with Gasteiger partial charge in [-0.05, 0) is 46.8 Å². The Morgan fingerprint density at radius 1 is 0.611 bits per heavy atom. The number of benzene rings is 4. The van der Waals surface area contributed by atoms with Crippen LogP contribution < -0.4 is 9.80 Å². The van der Waals surface area contributed by atoms with E-state index in [4.69, 9.17) is 0 Å². The maximum atomic E-state index is 14.0. The Morgan fingerprint density at radius 3 is 1.58 bits per heavy atom. The summed E-state index contributed by atoms with van der Waals surface area (Å²) in [5, 5.41) is 0.812. The van der Waals surface area contributed by atoms with Gasteiger partial charge in [0.15, 0.2) is 9.84 Å². The van der Waals surface area contributed by atoms with Crippen LogP contribution in [-0.2, 0) is 9.84 Å². The van der Waals surface area contributed by atoms with Crippen molar-refractivity contribution in [2.24, 2.45) is 0 Å². The fourth-order valence-electron chi connectivity index (χ4n) is 4.04. The van der Waals surface area contributed by atoms with Crippen LogP contribution in [0.3, 0.4) is 0 Å². The standard InChI is InChI=1S/C31H32N2O2S/c1-32(2)27-18-12-24(13-19-27)16-22-29(23-17-25-14-20-28(21-15-25)33(3)4)36(34,35)31-11-7-9-26-8-5-6-10-30(26)31/h5-23,29H,1-4H3/b22-16-,23-17+. The topological polar surface area (TPSA) is 40.6 Å². The Bertz CT molecular complexity index is 1420. The molecule has 4 aromatic rings. The molecule has 4 nitrogen and oxygen atoms in total. The molecule has 0 aliphatic carbocycles. The molecule has 0 saturated carbocycles. The largest absolute Gasteiger partial charge is 0.378 e. The fraction of sp³-hybridized carbons (Fsp3) is 0.161. The van der Waals surface area contributed by atoms with Gasteiger partial charge in [-0.2, -0.15) is 0 Å². The normalized spacial score (nSPS) is 12.9. The molecule has 0 fully saturated rings. The van der Waals surface area contributed by atoms with E-state index in [9.17, 15) is 8.42 Å². The fourth-order valence-corrected chi connectivity index (χ4v) is 5.67. The summed E-state index contributed by atoms with van der Waals surface area (Å²) in [6.07, 6.45) is 7.30. The van der Waals surface area contributed by atoms with Gasteiger partial charge < -0.3 is 9.80 Å². The molecular weight excluding hydrogens is 464 g/mol. The lowest BCUT2D eigenvalue weighted by atomic mass is 10.1. The van der Waals surface area contributed by atoms with Crippen molar-refractivity contribution in [1.82, 2.24) is 0 Å². The predicted octanol–water partition coefficient (Wildman–Crippen LogP) is 6.54. The van der Waals surface area contributed by atoms with Crippen molar-refractivity contribution < 1.29 is 8.42 Å². The van der Waals surface area contributed by atoms with E-state index < -0.39 is 15.1 Å². The Morgan fingerprint density at radius 2 is 1.08 bits per heavy atom. The van der Waals surface area contributed by atoms with Crippen molar-refractivity contribution in [2.45, 2.75) is 10.1 Å². The number of hydrogen-bond donors (Lipinski definition) is 0. The Kier molecular flexibility index (Phi) is 7.61. The summed E-state index contributed by atoms with van der Waals surface area (Å²) in [4.78, 5) is 4.41. The first-order valence-electron chi connectivity index (χ1n) is 11.9. The van der Waals surface area contributed by atoms with Crippen LogP contribution in [0.15, 0.2) is 108 Å². The monoisotopic (exact) mass is 496 g/mol. The van der Waals surface area contributed by atoms with E-state index in [1.54, 1.807) is 24.3 Å². The van der Waals surface area contributed by atoms with Crippen LogP contribution in [0.4, 0.5) is 11.4 Å². The second-order valence-electron chi connectivity index (χ2n) is 9.18. The minimum Gasteiger partial charge on any atom is -0.378 e. The zero-order valence-corrected chi connectivity index (χ0v) is 22.0. The molecule has 0 aromatic heterocycles. The third-order valence-corrected chi connectivity index (χ3v) is 8.19. The average Bonchev–Trinajstić information content (AvgIpc) is 2.88. The number of nitrogens with zero attached hydrogens (tertiary/aromatic N) is 2. The van der Waals surface area contributed by atoms with E-state index in [0.717, 1.165) is 33.3 Å². The van der Waals surface area contributed by atoms with Gasteiger partial charge in [-0.1, -0.05) is 85.0 Å². The van der Waals surface area contributed by atoms with Gasteiger partial charge in [0, 0.05) is 45.0 Å². The number of hydrogen-bond acceptors (Lipinski definition) is 4. The smallest absolute Gasteiger partial charge is 0.188 e. The Labute approximate surface area is 214 Å². The van der Waals surface area contributed by atoms with E-state index in [1.165, 1.54) is 0 Å². The minimum atomic E-state index is -3.70. The van der Waals surface area contributed by atoms with E-state index in [1.807, 2.05) is 129 Å². The van der Waals surface area contributed by atoms with Crippen LogP contribution in [0, 0.1) is 0 Å². The molecular formula is C31H32N2O2S. The quantitative estimate of drug-likeness (QED) is 0.278. The first-order chi connectivity index (χ1) is 17.3. The summed E-state index contributed by atoms with van der Waals surface area (Å²) in [7, 11) is 4.27. The van der Waals surface area contributed by atoms with Gasteiger partial charge in [0.2, 0.25) is 0 Å². The molecule has 0 bridgehead atoms. The second-order valence-corrected chi connectivity index (χ2v) is 11.3. The summed E-state index contributed by atoms with van der Waals surface area (Å²) in [6.45, 7) is 0. The van der Waals surface area contributed by atoms with Crippen molar-refractivity contribution >= 4 is 44.1 Å². The van der Waals surface area contributed by atoms with Crippen LogP contribution in [-0.4, -0.2) is 41.9 Å². The van der Waals surface area contributed by atoms with Gasteiger partial charge in [0.1, 0.15) is 5.25 Å². The maximum absolute atomic E-state index is 14.0. The zero-order valence-electron chi connectivity index (χ0n) is 21.2. The highest BCUT2D eigenvalue weighted by molar-refractivity contribution is 7.92. The van der Waals surface area contributed by atoms with Gasteiger partial charge in [0.25, 0.3) is 0 Å². The Balaban J connectivity index is 1.73. The van der Waals surface area contributed by atoms with Crippen LogP contribution >= 0.6 is 0 Å². The average molecular weight is 497 g/mol. The van der Waals surface area contributed by atoms with Crippen molar-refractivity contribution in [3.8, 4) is 0 Å². The third kappa shape index (κ3) is 5.69. The van der Waals surface area contributed by atoms with Gasteiger partial charge in [-0.15, -0.1) is 0 Å². The molecule has 4 rings (SSSR count). The third-order valence-electron chi connectivity index (χ3n) is 6.19. The first kappa shape index (κ1) is 25.3. The lowest BCUT2D eigenvalue weighted by molar-refractivity contribution is 0.595. The maximum Gasteiger partial charge on any atom is 0.188 e. The molecule has 1 unspecified atom stereocenters. The van der Waals surface area contributed by atoms with Gasteiger partial charge >= 0.3 is 0 Å². The highest BCUT2D eigenvalue weighted by Crippen LogP contribution is 2.28. The van der Waals surface area contributed by atoms with E-state index in [2.05, 4.69) is 0 Å². The second kappa shape index (κ2) is 10.8. The highest BCUT2D eigenvalue weighted by Gasteiger charge is 2.25. The van der Waals surface area contributed by atoms with Gasteiger partial charge in [0.05, 0.1) is 4.90 Å². The van der Waals surface area contributed by atoms with Crippen LogP contribution in [0.2, 0.25) is 0 Å². The first-order valence-corrected chi connectivity index (χ1v) is 13.4. The summed E-state index contributed by atoms with van der Waals surface area (Å²) in [5.74, 6) is 0. The van der Waals surface area contributed by atoms with Crippen molar-refractivity contribution in [3.05, 3.63) is 114 Å². The van der Waals surface area contributed by atoms with Crippen LogP contribution in [0.25, 0.3) is 22.9 Å². The molecule has 184 valence electrons. The summed E-state index contributed by atoms with van der Waals surface area (Å²) in [5.41, 5.74) is 4.08. The molecule has 1 atom stereocenters. The van der Waals surface area contributed by atoms with Crippen molar-refractivity contribution in [1.29, 1.82) is 0 Å². The van der Waals surface area contributed by atoms with Crippen molar-refractivity contribution in [3.63, 3.8) is 0 Å². The molecule has 36 heavy (non-hydrogen) atoms.